The van der Waals surface area contributed by atoms with Crippen molar-refractivity contribution >= 4 is 76.0 Å². The molecule has 0 aliphatic carbocycles. The number of para-hydroxylation sites is 2. The summed E-state index contributed by atoms with van der Waals surface area (Å²) in [5.41, 5.74) is 3.78. The molecule has 0 saturated carbocycles. The van der Waals surface area contributed by atoms with Crippen molar-refractivity contribution < 1.29 is 5.76 Å². The zero-order valence-corrected chi connectivity index (χ0v) is 31.4. The minimum absolute atomic E-state index is 0.179. The molecular formula is C34H33Br2FN10O4. The summed E-state index contributed by atoms with van der Waals surface area (Å²) in [4.78, 5) is 62.8. The van der Waals surface area contributed by atoms with Crippen molar-refractivity contribution in [2.45, 2.75) is 13.1 Å². The zero-order chi connectivity index (χ0) is 37.6. The minimum Gasteiger partial charge on any atom is -0.357 e. The van der Waals surface area contributed by atoms with E-state index in [0.717, 1.165) is 33.2 Å². The van der Waals surface area contributed by atoms with Gasteiger partial charge in [-0.2, -0.15) is 0 Å². The van der Waals surface area contributed by atoms with Gasteiger partial charge < -0.3 is 18.7 Å². The molecule has 8 aromatic rings. The Bertz CT molecular complexity index is 2860. The molecule has 264 valence electrons. The summed E-state index contributed by atoms with van der Waals surface area (Å²) in [6.07, 6.45) is 0. The summed E-state index contributed by atoms with van der Waals surface area (Å²) in [5, 5.41) is 2.12. The average molecular weight is 826 g/mol. The van der Waals surface area contributed by atoms with Gasteiger partial charge in [-0.05, 0) is 66.9 Å². The number of alkyl halides is 1. The largest absolute Gasteiger partial charge is 0.357 e. The van der Waals surface area contributed by atoms with Crippen LogP contribution < -0.4 is 22.5 Å². The number of nitrogens with one attached hydrogen (secondary N) is 1. The lowest BCUT2D eigenvalue weighted by Gasteiger charge is -2.09. The molecule has 6 heterocycles. The van der Waals surface area contributed by atoms with Gasteiger partial charge in [-0.25, -0.2) is 19.6 Å². The van der Waals surface area contributed by atoms with Crippen LogP contribution in [0, 0.1) is 0 Å². The highest BCUT2D eigenvalue weighted by atomic mass is 79.9. The maximum Gasteiger partial charge on any atom is 0.332 e. The summed E-state index contributed by atoms with van der Waals surface area (Å²) in [7, 11) is 7.66. The lowest BCUT2D eigenvalue weighted by atomic mass is 10.2. The number of benzene rings is 2. The number of hydrogen-bond acceptors (Lipinski definition) is 6. The number of hydrogen-bond donors (Lipinski definition) is 1. The van der Waals surface area contributed by atoms with Crippen molar-refractivity contribution in [3.63, 3.8) is 0 Å². The first-order valence-electron chi connectivity index (χ1n) is 16.1. The summed E-state index contributed by atoms with van der Waals surface area (Å²) in [5.74, 6) is 0. The van der Waals surface area contributed by atoms with Crippen molar-refractivity contribution in [3.05, 3.63) is 123 Å². The molecule has 51 heavy (non-hydrogen) atoms. The molecule has 8 rings (SSSR count). The highest BCUT2D eigenvalue weighted by Gasteiger charge is 2.20. The number of halogens is 3. The number of H-pyrrole nitrogens is 1. The van der Waals surface area contributed by atoms with Crippen molar-refractivity contribution in [2.24, 2.45) is 35.2 Å². The van der Waals surface area contributed by atoms with E-state index in [2.05, 4.69) is 46.8 Å². The van der Waals surface area contributed by atoms with Gasteiger partial charge in [0.2, 0.25) is 0 Å². The summed E-state index contributed by atoms with van der Waals surface area (Å²) in [6, 6.07) is 19.8. The van der Waals surface area contributed by atoms with Gasteiger partial charge in [0.1, 0.15) is 0 Å². The van der Waals surface area contributed by atoms with Crippen molar-refractivity contribution in [1.29, 1.82) is 0 Å². The van der Waals surface area contributed by atoms with Gasteiger partial charge in [-0.15, -0.1) is 0 Å². The molecule has 2 aromatic carbocycles. The van der Waals surface area contributed by atoms with E-state index in [-0.39, 0.29) is 29.9 Å². The number of aromatic amines is 1. The van der Waals surface area contributed by atoms with Gasteiger partial charge in [0.15, 0.2) is 31.8 Å². The minimum atomic E-state index is -1.00. The average Bonchev–Trinajstić information content (AvgIpc) is 3.86. The van der Waals surface area contributed by atoms with Crippen molar-refractivity contribution in [3.8, 4) is 0 Å². The molecule has 17 heteroatoms. The summed E-state index contributed by atoms with van der Waals surface area (Å²) >= 11 is 6.61. The van der Waals surface area contributed by atoms with E-state index in [1.807, 2.05) is 72.3 Å². The molecule has 0 atom stereocenters. The van der Waals surface area contributed by atoms with Crippen LogP contribution in [0.2, 0.25) is 0 Å². The Balaban J connectivity index is 0.000000166. The Morgan fingerprint density at radius 3 is 1.71 bits per heavy atom. The highest BCUT2D eigenvalue weighted by Crippen LogP contribution is 2.20. The molecule has 0 unspecified atom stereocenters. The zero-order valence-electron chi connectivity index (χ0n) is 29.2. The molecule has 0 aliphatic heterocycles. The maximum atomic E-state index is 12.9. The molecule has 6 aromatic heterocycles. The van der Waals surface area contributed by atoms with Crippen LogP contribution >= 0.6 is 31.9 Å². The molecule has 0 spiro atoms. The fourth-order valence-corrected chi connectivity index (χ4v) is 6.85. The quantitative estimate of drug-likeness (QED) is 0.266. The van der Waals surface area contributed by atoms with Crippen molar-refractivity contribution in [2.75, 3.05) is 7.15 Å². The van der Waals surface area contributed by atoms with E-state index >= 15 is 0 Å². The Morgan fingerprint density at radius 2 is 1.18 bits per heavy atom. The number of nitrogens with zero attached hydrogens (tertiary/aromatic N) is 9. The standard InChI is InChI=1S/C17H16BrN5O2.C16H14BrN5O2.CH3F/c1-20-11(8-10-6-4-5-7-12(10)20)9-23-15(24)13-14(22(3)17(23)25)19-16(18)21(13)2;1-20-12-13(19-15(20)17)21(2)16(24)22(14(12)23)8-10-7-9-5-3-4-6-11(9)18-10;1-2/h4-8H,9H2,1-3H3;3-7,18H,8H2,1-2H3;1H3/i;;1D. The fraction of sp³-hybridized carbons (Fsp3) is 0.235. The van der Waals surface area contributed by atoms with Gasteiger partial charge >= 0.3 is 11.4 Å². The van der Waals surface area contributed by atoms with Crippen LogP contribution in [-0.2, 0) is 48.3 Å². The summed E-state index contributed by atoms with van der Waals surface area (Å²) in [6.45, 7) is 0.383. The molecule has 14 nitrogen and oxygen atoms in total. The van der Waals surface area contributed by atoms with Crippen LogP contribution in [0.4, 0.5) is 4.39 Å². The molecule has 0 radical (unpaired) electrons. The lowest BCUT2D eigenvalue weighted by Crippen LogP contribution is -2.40. The Hall–Kier alpha value is -5.29. The first kappa shape index (κ1) is 34.2. The smallest absolute Gasteiger partial charge is 0.332 e. The van der Waals surface area contributed by atoms with Gasteiger partial charge in [0, 0.05) is 57.7 Å². The molecule has 1 N–H and O–H groups in total. The number of fused-ring (bicyclic) bond motifs is 4. The second kappa shape index (κ2) is 13.8. The van der Waals surface area contributed by atoms with Crippen LogP contribution in [0.25, 0.3) is 44.1 Å². The first-order valence-corrected chi connectivity index (χ1v) is 17.0. The molecular weight excluding hydrogens is 791 g/mol. The third-order valence-electron chi connectivity index (χ3n) is 8.90. The number of imidazole rings is 2. The predicted molar refractivity (Wildman–Crippen MR) is 202 cm³/mol. The summed E-state index contributed by atoms with van der Waals surface area (Å²) < 4.78 is 27.1. The van der Waals surface area contributed by atoms with Crippen LogP contribution in [-0.4, -0.2) is 54.1 Å². The van der Waals surface area contributed by atoms with E-state index in [0.29, 0.717) is 31.8 Å². The predicted octanol–water partition coefficient (Wildman–Crippen LogP) is 4.05. The van der Waals surface area contributed by atoms with Crippen molar-refractivity contribution in [1.82, 2.24) is 46.9 Å². The van der Waals surface area contributed by atoms with E-state index < -0.39 is 12.8 Å². The van der Waals surface area contributed by atoms with E-state index in [9.17, 15) is 23.6 Å². The molecule has 0 amide bonds. The number of aromatic nitrogens is 10. The van der Waals surface area contributed by atoms with E-state index in [1.165, 1.54) is 18.3 Å². The van der Waals surface area contributed by atoms with Gasteiger partial charge in [0.05, 0.1) is 21.6 Å². The maximum absolute atomic E-state index is 12.9. The van der Waals surface area contributed by atoms with Gasteiger partial charge in [-0.3, -0.25) is 32.2 Å². The van der Waals surface area contributed by atoms with E-state index in [4.69, 9.17) is 1.37 Å². The topological polar surface area (TPSA) is 144 Å². The number of aryl methyl sites for hydroxylation is 5. The van der Waals surface area contributed by atoms with Crippen LogP contribution in [0.1, 0.15) is 12.8 Å². The molecule has 0 bridgehead atoms. The van der Waals surface area contributed by atoms with Crippen LogP contribution in [0.15, 0.2) is 89.3 Å². The van der Waals surface area contributed by atoms with Gasteiger partial charge in [-0.1, -0.05) is 36.4 Å². The monoisotopic (exact) mass is 823 g/mol. The number of rotatable bonds is 4. The normalized spacial score (nSPS) is 11.6. The van der Waals surface area contributed by atoms with Gasteiger partial charge in [0.25, 0.3) is 11.1 Å². The second-order valence-electron chi connectivity index (χ2n) is 11.8. The molecule has 0 saturated heterocycles. The Morgan fingerprint density at radius 1 is 0.686 bits per heavy atom. The molecule has 0 aliphatic rings. The Labute approximate surface area is 306 Å². The third-order valence-corrected chi connectivity index (χ3v) is 10.3. The second-order valence-corrected chi connectivity index (χ2v) is 13.2. The first-order chi connectivity index (χ1) is 24.8. The lowest BCUT2D eigenvalue weighted by molar-refractivity contribution is 0.632. The van der Waals surface area contributed by atoms with E-state index in [1.54, 1.807) is 37.3 Å². The Kier molecular flexibility index (Phi) is 9.24. The fourth-order valence-electron chi connectivity index (χ4n) is 6.16. The van der Waals surface area contributed by atoms with Crippen LogP contribution in [0.5, 0.6) is 0 Å². The SMILES string of the molecule is Cn1c(Br)nc2c1c(=O)n(Cc1cc3ccccc3[nH]1)c(=O)n2C.Cn1c(Cn2c(=O)c3c(nc(Br)n3C)n(C)c2=O)cc2ccccc21.[2H]CF. The third kappa shape index (κ3) is 5.99. The highest BCUT2D eigenvalue weighted by molar-refractivity contribution is 9.10. The molecule has 0 fully saturated rings. The van der Waals surface area contributed by atoms with Crippen LogP contribution in [0.3, 0.4) is 0 Å².